The molecule has 0 unspecified atom stereocenters. The van der Waals surface area contributed by atoms with Crippen molar-refractivity contribution in [3.63, 3.8) is 0 Å². The molecule has 0 aliphatic heterocycles. The van der Waals surface area contributed by atoms with Crippen LogP contribution in [0.25, 0.3) is 0 Å². The van der Waals surface area contributed by atoms with Crippen LogP contribution in [-0.2, 0) is 25.5 Å². The number of nitriles is 1. The zero-order valence-corrected chi connectivity index (χ0v) is 12.4. The maximum atomic E-state index is 12.2. The highest BCUT2D eigenvalue weighted by atomic mass is 16.5. The number of carbonyl (C=O) groups excluding carboxylic acids is 3. The number of ketones is 1. The lowest BCUT2D eigenvalue weighted by atomic mass is 9.92. The maximum Gasteiger partial charge on any atom is 0.325 e. The van der Waals surface area contributed by atoms with E-state index in [9.17, 15) is 14.4 Å². The van der Waals surface area contributed by atoms with Crippen LogP contribution in [0.5, 0.6) is 0 Å². The third kappa shape index (κ3) is 6.18. The number of nitrogens with one attached hydrogen (secondary N) is 1. The standard InChI is InChI=1S/C16H18N2O4/c1-22-15(20)11-18-16(21)13(10-14(19)7-8-17)9-12-5-3-2-4-6-12/h2-6,13H,7,9-11H2,1H3,(H,18,21)/t13-/m1/s1. The Morgan fingerprint density at radius 3 is 2.55 bits per heavy atom. The first-order chi connectivity index (χ1) is 10.6. The van der Waals surface area contributed by atoms with E-state index in [2.05, 4.69) is 10.1 Å². The largest absolute Gasteiger partial charge is 0.468 e. The van der Waals surface area contributed by atoms with Crippen LogP contribution in [-0.4, -0.2) is 31.3 Å². The molecule has 0 saturated carbocycles. The van der Waals surface area contributed by atoms with E-state index >= 15 is 0 Å². The van der Waals surface area contributed by atoms with Gasteiger partial charge in [-0.1, -0.05) is 30.3 Å². The first-order valence-corrected chi connectivity index (χ1v) is 6.84. The third-order valence-electron chi connectivity index (χ3n) is 3.08. The summed E-state index contributed by atoms with van der Waals surface area (Å²) < 4.78 is 4.45. The number of hydrogen-bond donors (Lipinski definition) is 1. The van der Waals surface area contributed by atoms with E-state index in [-0.39, 0.29) is 25.2 Å². The number of rotatable bonds is 8. The monoisotopic (exact) mass is 302 g/mol. The van der Waals surface area contributed by atoms with E-state index in [1.165, 1.54) is 7.11 Å². The lowest BCUT2D eigenvalue weighted by Gasteiger charge is -2.15. The van der Waals surface area contributed by atoms with Crippen LogP contribution >= 0.6 is 0 Å². The molecule has 1 amide bonds. The summed E-state index contributed by atoms with van der Waals surface area (Å²) in [5, 5.41) is 11.0. The van der Waals surface area contributed by atoms with Crippen molar-refractivity contribution in [1.29, 1.82) is 5.26 Å². The van der Waals surface area contributed by atoms with Gasteiger partial charge in [0.15, 0.2) is 0 Å². The minimum atomic E-state index is -0.618. The zero-order valence-electron chi connectivity index (χ0n) is 12.4. The molecule has 1 aromatic rings. The molecule has 0 aliphatic carbocycles. The molecule has 0 aromatic heterocycles. The molecule has 0 aliphatic rings. The number of hydrogen-bond acceptors (Lipinski definition) is 5. The molecular formula is C16H18N2O4. The van der Waals surface area contributed by atoms with E-state index in [0.29, 0.717) is 6.42 Å². The van der Waals surface area contributed by atoms with Crippen molar-refractivity contribution in [1.82, 2.24) is 5.32 Å². The molecule has 0 saturated heterocycles. The minimum Gasteiger partial charge on any atom is -0.468 e. The summed E-state index contributed by atoms with van der Waals surface area (Å²) in [6.07, 6.45) is 0.107. The molecule has 0 radical (unpaired) electrons. The van der Waals surface area contributed by atoms with Crippen LogP contribution in [0.3, 0.4) is 0 Å². The highest BCUT2D eigenvalue weighted by Crippen LogP contribution is 2.14. The number of esters is 1. The summed E-state index contributed by atoms with van der Waals surface area (Å²) in [4.78, 5) is 34.9. The topological polar surface area (TPSA) is 96.3 Å². The first kappa shape index (κ1) is 17.4. The highest BCUT2D eigenvalue weighted by molar-refractivity contribution is 5.89. The Bertz CT molecular complexity index is 563. The second-order valence-corrected chi connectivity index (χ2v) is 4.76. The highest BCUT2D eigenvalue weighted by Gasteiger charge is 2.22. The number of nitrogens with zero attached hydrogens (tertiary/aromatic N) is 1. The SMILES string of the molecule is COC(=O)CNC(=O)[C@@H](CC(=O)CC#N)Cc1ccccc1. The van der Waals surface area contributed by atoms with Crippen LogP contribution in [0.1, 0.15) is 18.4 Å². The van der Waals surface area contributed by atoms with Gasteiger partial charge < -0.3 is 10.1 Å². The van der Waals surface area contributed by atoms with Crippen LogP contribution in [0.4, 0.5) is 0 Å². The Hall–Kier alpha value is -2.68. The summed E-state index contributed by atoms with van der Waals surface area (Å²) in [7, 11) is 1.23. The third-order valence-corrected chi connectivity index (χ3v) is 3.08. The van der Waals surface area contributed by atoms with E-state index in [4.69, 9.17) is 5.26 Å². The lowest BCUT2D eigenvalue weighted by Crippen LogP contribution is -2.37. The normalized spacial score (nSPS) is 11.1. The van der Waals surface area contributed by atoms with Gasteiger partial charge in [0.2, 0.25) is 5.91 Å². The smallest absolute Gasteiger partial charge is 0.325 e. The van der Waals surface area contributed by atoms with E-state index in [1.54, 1.807) is 6.07 Å². The van der Waals surface area contributed by atoms with Crippen LogP contribution in [0.2, 0.25) is 0 Å². The Morgan fingerprint density at radius 2 is 1.95 bits per heavy atom. The number of amides is 1. The zero-order chi connectivity index (χ0) is 16.4. The fourth-order valence-corrected chi connectivity index (χ4v) is 1.97. The number of benzene rings is 1. The molecule has 0 spiro atoms. The molecule has 1 aromatic carbocycles. The van der Waals surface area contributed by atoms with Gasteiger partial charge in [0.1, 0.15) is 12.3 Å². The van der Waals surface area contributed by atoms with E-state index in [0.717, 1.165) is 5.56 Å². The second-order valence-electron chi connectivity index (χ2n) is 4.76. The molecule has 6 nitrogen and oxygen atoms in total. The van der Waals surface area contributed by atoms with Gasteiger partial charge in [-0.05, 0) is 12.0 Å². The van der Waals surface area contributed by atoms with Gasteiger partial charge in [-0.3, -0.25) is 14.4 Å². The van der Waals surface area contributed by atoms with Gasteiger partial charge in [-0.25, -0.2) is 0 Å². The number of ether oxygens (including phenoxy) is 1. The van der Waals surface area contributed by atoms with E-state index < -0.39 is 17.8 Å². The van der Waals surface area contributed by atoms with Crippen LogP contribution < -0.4 is 5.32 Å². The Balaban J connectivity index is 2.72. The molecule has 1 N–H and O–H groups in total. The Kier molecular flexibility index (Phi) is 7.34. The minimum absolute atomic E-state index is 0.0323. The number of Topliss-reactive ketones (excluding diaryl/α,β-unsaturated/α-hetero) is 1. The lowest BCUT2D eigenvalue weighted by molar-refractivity contribution is -0.141. The average Bonchev–Trinajstić information content (AvgIpc) is 2.52. The van der Waals surface area contributed by atoms with E-state index in [1.807, 2.05) is 30.3 Å². The van der Waals surface area contributed by atoms with Gasteiger partial charge >= 0.3 is 5.97 Å². The van der Waals surface area contributed by atoms with Gasteiger partial charge in [0.25, 0.3) is 0 Å². The van der Waals surface area contributed by atoms with Crippen molar-refractivity contribution in [2.24, 2.45) is 5.92 Å². The fourth-order valence-electron chi connectivity index (χ4n) is 1.97. The fraction of sp³-hybridized carbons (Fsp3) is 0.375. The summed E-state index contributed by atoms with van der Waals surface area (Å²) >= 11 is 0. The number of carbonyl (C=O) groups is 3. The van der Waals surface area contributed by atoms with Crippen molar-refractivity contribution in [3.8, 4) is 6.07 Å². The first-order valence-electron chi connectivity index (χ1n) is 6.84. The summed E-state index contributed by atoms with van der Waals surface area (Å²) in [6, 6.07) is 11.0. The molecular weight excluding hydrogens is 284 g/mol. The Labute approximate surface area is 129 Å². The van der Waals surface area contributed by atoms with Crippen molar-refractivity contribution in [2.45, 2.75) is 19.3 Å². The molecule has 0 bridgehead atoms. The van der Waals surface area contributed by atoms with Crippen molar-refractivity contribution < 1.29 is 19.1 Å². The molecule has 0 fully saturated rings. The Morgan fingerprint density at radius 1 is 1.27 bits per heavy atom. The maximum absolute atomic E-state index is 12.2. The molecule has 22 heavy (non-hydrogen) atoms. The predicted molar refractivity (Wildman–Crippen MR) is 78.5 cm³/mol. The quantitative estimate of drug-likeness (QED) is 0.723. The van der Waals surface area contributed by atoms with Crippen molar-refractivity contribution >= 4 is 17.7 Å². The summed E-state index contributed by atoms with van der Waals surface area (Å²) in [6.45, 7) is -0.243. The van der Waals surface area contributed by atoms with Gasteiger partial charge in [0.05, 0.1) is 19.6 Å². The molecule has 1 atom stereocenters. The van der Waals surface area contributed by atoms with Crippen molar-refractivity contribution in [2.75, 3.05) is 13.7 Å². The van der Waals surface area contributed by atoms with Gasteiger partial charge in [-0.15, -0.1) is 0 Å². The van der Waals surface area contributed by atoms with Gasteiger partial charge in [-0.2, -0.15) is 5.26 Å². The van der Waals surface area contributed by atoms with Crippen molar-refractivity contribution in [3.05, 3.63) is 35.9 Å². The number of methoxy groups -OCH3 is 1. The summed E-state index contributed by atoms with van der Waals surface area (Å²) in [5.74, 6) is -1.87. The molecule has 0 heterocycles. The molecule has 6 heteroatoms. The van der Waals surface area contributed by atoms with Gasteiger partial charge in [0, 0.05) is 12.3 Å². The molecule has 116 valence electrons. The van der Waals surface area contributed by atoms with Crippen LogP contribution in [0.15, 0.2) is 30.3 Å². The average molecular weight is 302 g/mol. The van der Waals surface area contributed by atoms with Crippen LogP contribution in [0, 0.1) is 17.2 Å². The predicted octanol–water partition coefficient (Wildman–Crippen LogP) is 1.01. The molecule has 1 rings (SSSR count). The second kappa shape index (κ2) is 9.29. The summed E-state index contributed by atoms with van der Waals surface area (Å²) in [5.41, 5.74) is 0.908.